The van der Waals surface area contributed by atoms with Gasteiger partial charge in [-0.05, 0) is 49.2 Å². The zero-order chi connectivity index (χ0) is 24.3. The fourth-order valence-electron chi connectivity index (χ4n) is 3.50. The predicted molar refractivity (Wildman–Crippen MR) is 121 cm³/mol. The molecule has 4 aromatic rings. The number of anilines is 1. The lowest BCUT2D eigenvalue weighted by atomic mass is 10.2. The van der Waals surface area contributed by atoms with Gasteiger partial charge in [-0.1, -0.05) is 0 Å². The normalized spacial score (nSPS) is 13.6. The van der Waals surface area contributed by atoms with E-state index < -0.39 is 27.6 Å². The fourth-order valence-corrected chi connectivity index (χ4v) is 4.45. The van der Waals surface area contributed by atoms with E-state index in [1.54, 1.807) is 17.8 Å². The Bertz CT molecular complexity index is 1390. The third kappa shape index (κ3) is 5.22. The Kier molecular flexibility index (Phi) is 6.59. The second kappa shape index (κ2) is 9.59. The number of benzene rings is 1. The number of hydrogen-bond acceptors (Lipinski definition) is 6. The van der Waals surface area contributed by atoms with E-state index in [2.05, 4.69) is 19.7 Å². The molecule has 5 rings (SSSR count). The number of imidazole rings is 1. The number of nitrogens with one attached hydrogen (secondary N) is 1. The van der Waals surface area contributed by atoms with Crippen molar-refractivity contribution < 1.29 is 22.0 Å². The molecule has 0 saturated carbocycles. The van der Waals surface area contributed by atoms with Gasteiger partial charge in [-0.3, -0.25) is 4.79 Å². The monoisotopic (exact) mass is 488 g/mol. The van der Waals surface area contributed by atoms with Crippen LogP contribution in [0.4, 0.5) is 14.5 Å². The van der Waals surface area contributed by atoms with Crippen LogP contribution in [0, 0.1) is 11.6 Å². The van der Waals surface area contributed by atoms with Crippen LogP contribution in [-0.4, -0.2) is 46.6 Å². The van der Waals surface area contributed by atoms with Crippen molar-refractivity contribution in [1.82, 2.24) is 23.9 Å². The molecule has 1 N–H and O–H groups in total. The number of fused-ring (bicyclic) bond motifs is 1. The molecule has 34 heavy (non-hydrogen) atoms. The minimum Gasteiger partial charge on any atom is -0.371 e. The SMILES string of the molecule is Cn1cnc(S(=O)(=O)NC(=O)c2cnn3ccc(N4CCCC4)cc23)c1.Fc1ccc(F)cc1. The van der Waals surface area contributed by atoms with Crippen molar-refractivity contribution in [2.45, 2.75) is 17.9 Å². The van der Waals surface area contributed by atoms with Gasteiger partial charge in [0.25, 0.3) is 15.9 Å². The van der Waals surface area contributed by atoms with Gasteiger partial charge >= 0.3 is 0 Å². The van der Waals surface area contributed by atoms with Crippen molar-refractivity contribution in [3.05, 3.63) is 78.5 Å². The first kappa shape index (κ1) is 23.4. The number of carbonyl (C=O) groups excluding carboxylic acids is 1. The number of carbonyl (C=O) groups is 1. The third-order valence-electron chi connectivity index (χ3n) is 5.21. The Labute approximate surface area is 194 Å². The van der Waals surface area contributed by atoms with Crippen LogP contribution in [0.5, 0.6) is 0 Å². The zero-order valence-electron chi connectivity index (χ0n) is 18.2. The summed E-state index contributed by atoms with van der Waals surface area (Å²) in [5.74, 6) is -1.55. The lowest BCUT2D eigenvalue weighted by Gasteiger charge is -2.17. The first-order valence-electron chi connectivity index (χ1n) is 10.4. The first-order chi connectivity index (χ1) is 16.2. The van der Waals surface area contributed by atoms with Crippen LogP contribution < -0.4 is 9.62 Å². The summed E-state index contributed by atoms with van der Waals surface area (Å²) in [7, 11) is -2.39. The van der Waals surface area contributed by atoms with Crippen LogP contribution in [0.3, 0.4) is 0 Å². The summed E-state index contributed by atoms with van der Waals surface area (Å²) in [5, 5.41) is 3.93. The van der Waals surface area contributed by atoms with E-state index in [4.69, 9.17) is 0 Å². The fraction of sp³-hybridized carbons (Fsp3) is 0.227. The van der Waals surface area contributed by atoms with Gasteiger partial charge in [-0.15, -0.1) is 0 Å². The zero-order valence-corrected chi connectivity index (χ0v) is 19.0. The minimum absolute atomic E-state index is 0.200. The second-order valence-electron chi connectivity index (χ2n) is 7.72. The number of hydrogen-bond donors (Lipinski definition) is 1. The van der Waals surface area contributed by atoms with Gasteiger partial charge in [-0.2, -0.15) is 13.5 Å². The van der Waals surface area contributed by atoms with Gasteiger partial charge in [0.15, 0.2) is 5.03 Å². The highest BCUT2D eigenvalue weighted by Gasteiger charge is 2.24. The summed E-state index contributed by atoms with van der Waals surface area (Å²) in [6.07, 6.45) is 8.10. The van der Waals surface area contributed by atoms with E-state index >= 15 is 0 Å². The van der Waals surface area contributed by atoms with Crippen molar-refractivity contribution in [2.75, 3.05) is 18.0 Å². The molecule has 0 atom stereocenters. The van der Waals surface area contributed by atoms with Gasteiger partial charge in [-0.25, -0.2) is 23.0 Å². The molecule has 0 spiro atoms. The number of rotatable bonds is 4. The van der Waals surface area contributed by atoms with Crippen LogP contribution >= 0.6 is 0 Å². The molecule has 1 amide bonds. The number of halogens is 2. The molecule has 0 radical (unpaired) electrons. The van der Waals surface area contributed by atoms with Gasteiger partial charge in [0.2, 0.25) is 0 Å². The molecular weight excluding hydrogens is 466 g/mol. The molecular formula is C22H22F2N6O3S. The van der Waals surface area contributed by atoms with Crippen LogP contribution in [-0.2, 0) is 17.1 Å². The van der Waals surface area contributed by atoms with Crippen LogP contribution in [0.25, 0.3) is 5.52 Å². The van der Waals surface area contributed by atoms with Crippen molar-refractivity contribution in [3.8, 4) is 0 Å². The first-order valence-corrected chi connectivity index (χ1v) is 11.9. The molecule has 0 unspecified atom stereocenters. The minimum atomic E-state index is -4.04. The Morgan fingerprint density at radius 3 is 2.29 bits per heavy atom. The quantitative estimate of drug-likeness (QED) is 0.474. The molecule has 1 fully saturated rings. The van der Waals surface area contributed by atoms with E-state index in [0.717, 1.165) is 55.9 Å². The summed E-state index contributed by atoms with van der Waals surface area (Å²) in [6, 6.07) is 8.12. The van der Waals surface area contributed by atoms with Crippen molar-refractivity contribution >= 4 is 27.1 Å². The van der Waals surface area contributed by atoms with Crippen molar-refractivity contribution in [2.24, 2.45) is 7.05 Å². The maximum atomic E-state index is 12.6. The topological polar surface area (TPSA) is 102 Å². The highest BCUT2D eigenvalue weighted by atomic mass is 32.2. The van der Waals surface area contributed by atoms with Crippen molar-refractivity contribution in [1.29, 1.82) is 0 Å². The predicted octanol–water partition coefficient (Wildman–Crippen LogP) is 2.75. The van der Waals surface area contributed by atoms with Crippen LogP contribution in [0.1, 0.15) is 23.2 Å². The van der Waals surface area contributed by atoms with Gasteiger partial charge in [0.05, 0.1) is 23.6 Å². The molecule has 1 aliphatic heterocycles. The number of nitrogens with zero attached hydrogens (tertiary/aromatic N) is 5. The molecule has 9 nitrogen and oxygen atoms in total. The Morgan fingerprint density at radius 1 is 1.06 bits per heavy atom. The Balaban J connectivity index is 0.000000291. The highest BCUT2D eigenvalue weighted by Crippen LogP contribution is 2.23. The standard InChI is InChI=1S/C16H18N6O3S.C6H4F2/c1-20-10-15(17-11-20)26(24,25)19-16(23)13-9-18-22-7-4-12(8-14(13)22)21-5-2-3-6-21;7-5-1-2-6(8)4-3-5/h4,7-11H,2-3,5-6H2,1H3,(H,19,23);1-4H. The lowest BCUT2D eigenvalue weighted by Crippen LogP contribution is -2.30. The van der Waals surface area contributed by atoms with Crippen molar-refractivity contribution in [3.63, 3.8) is 0 Å². The van der Waals surface area contributed by atoms with Crippen LogP contribution in [0.15, 0.2) is 66.3 Å². The maximum absolute atomic E-state index is 12.6. The Hall–Kier alpha value is -3.80. The average Bonchev–Trinajstić information content (AvgIpc) is 3.56. The number of aromatic nitrogens is 4. The largest absolute Gasteiger partial charge is 0.371 e. The summed E-state index contributed by atoms with van der Waals surface area (Å²) >= 11 is 0. The van der Waals surface area contributed by atoms with E-state index in [-0.39, 0.29) is 10.6 Å². The third-order valence-corrected chi connectivity index (χ3v) is 6.42. The smallest absolute Gasteiger partial charge is 0.283 e. The van der Waals surface area contributed by atoms with E-state index in [1.165, 1.54) is 23.3 Å². The number of aryl methyl sites for hydroxylation is 1. The maximum Gasteiger partial charge on any atom is 0.283 e. The van der Waals surface area contributed by atoms with Crippen LogP contribution in [0.2, 0.25) is 0 Å². The lowest BCUT2D eigenvalue weighted by molar-refractivity contribution is 0.0983. The van der Waals surface area contributed by atoms with Gasteiger partial charge < -0.3 is 9.47 Å². The molecule has 4 heterocycles. The molecule has 178 valence electrons. The summed E-state index contributed by atoms with van der Waals surface area (Å²) in [4.78, 5) is 18.6. The summed E-state index contributed by atoms with van der Waals surface area (Å²) in [6.45, 7) is 1.94. The Morgan fingerprint density at radius 2 is 1.71 bits per heavy atom. The molecule has 1 saturated heterocycles. The van der Waals surface area contributed by atoms with E-state index in [9.17, 15) is 22.0 Å². The van der Waals surface area contributed by atoms with Gasteiger partial charge in [0, 0.05) is 38.2 Å². The molecule has 0 aliphatic carbocycles. The average molecular weight is 489 g/mol. The molecule has 0 bridgehead atoms. The number of sulfonamides is 1. The highest BCUT2D eigenvalue weighted by molar-refractivity contribution is 7.90. The summed E-state index contributed by atoms with van der Waals surface area (Å²) < 4.78 is 53.6. The van der Waals surface area contributed by atoms with E-state index in [1.807, 2.05) is 12.1 Å². The molecule has 12 heteroatoms. The van der Waals surface area contributed by atoms with E-state index in [0.29, 0.717) is 5.52 Å². The molecule has 1 aromatic carbocycles. The second-order valence-corrected chi connectivity index (χ2v) is 9.34. The number of pyridine rings is 1. The molecule has 1 aliphatic rings. The van der Waals surface area contributed by atoms with Gasteiger partial charge in [0.1, 0.15) is 11.6 Å². The summed E-state index contributed by atoms with van der Waals surface area (Å²) in [5.41, 5.74) is 1.76. The molecule has 3 aromatic heterocycles. The number of amides is 1.